The predicted molar refractivity (Wildman–Crippen MR) is 90.7 cm³/mol. The van der Waals surface area contributed by atoms with Gasteiger partial charge in [-0.25, -0.2) is 0 Å². The molecule has 2 saturated heterocycles. The van der Waals surface area contributed by atoms with Crippen LogP contribution in [0.5, 0.6) is 5.75 Å². The minimum absolute atomic E-state index is 0.0867. The molecule has 1 aromatic rings. The van der Waals surface area contributed by atoms with Gasteiger partial charge in [0.05, 0.1) is 20.3 Å². The molecule has 0 aromatic heterocycles. The highest BCUT2D eigenvalue weighted by atomic mass is 16.5. The Morgan fingerprint density at radius 2 is 2.33 bits per heavy atom. The summed E-state index contributed by atoms with van der Waals surface area (Å²) in [6, 6.07) is 8.27. The molecule has 2 atom stereocenters. The van der Waals surface area contributed by atoms with E-state index in [1.807, 2.05) is 12.1 Å². The second-order valence-electron chi connectivity index (χ2n) is 7.59. The molecule has 1 N–H and O–H groups in total. The van der Waals surface area contributed by atoms with Crippen LogP contribution >= 0.6 is 0 Å². The normalized spacial score (nSPS) is 29.5. The molecule has 0 bridgehead atoms. The molecule has 1 amide bonds. The molecule has 1 aromatic carbocycles. The van der Waals surface area contributed by atoms with Crippen molar-refractivity contribution in [1.29, 1.82) is 0 Å². The molecular weight excluding hydrogens is 304 g/mol. The lowest BCUT2D eigenvalue weighted by atomic mass is 9.81. The summed E-state index contributed by atoms with van der Waals surface area (Å²) in [4.78, 5) is 14.5. The third-order valence-corrected chi connectivity index (χ3v) is 5.69. The van der Waals surface area contributed by atoms with Gasteiger partial charge in [0, 0.05) is 43.4 Å². The van der Waals surface area contributed by atoms with Crippen LogP contribution in [0.15, 0.2) is 24.3 Å². The van der Waals surface area contributed by atoms with E-state index in [-0.39, 0.29) is 17.2 Å². The highest BCUT2D eigenvalue weighted by molar-refractivity contribution is 5.80. The van der Waals surface area contributed by atoms with E-state index in [2.05, 4.69) is 22.3 Å². The molecule has 3 aliphatic rings. The number of fused-ring (bicyclic) bond motifs is 1. The molecule has 0 unspecified atom stereocenters. The molecule has 5 heteroatoms. The van der Waals surface area contributed by atoms with Gasteiger partial charge in [-0.3, -0.25) is 9.69 Å². The first-order chi connectivity index (χ1) is 11.7. The van der Waals surface area contributed by atoms with Gasteiger partial charge in [0.1, 0.15) is 5.75 Å². The summed E-state index contributed by atoms with van der Waals surface area (Å²) >= 11 is 0. The fourth-order valence-electron chi connectivity index (χ4n) is 4.10. The van der Waals surface area contributed by atoms with Crippen molar-refractivity contribution >= 4 is 5.91 Å². The Bertz CT molecular complexity index is 616. The maximum Gasteiger partial charge on any atom is 0.223 e. The molecular formula is C19H26N2O3. The zero-order valence-corrected chi connectivity index (χ0v) is 14.3. The van der Waals surface area contributed by atoms with Crippen LogP contribution in [0.25, 0.3) is 0 Å². The Morgan fingerprint density at radius 3 is 3.12 bits per heavy atom. The van der Waals surface area contributed by atoms with Crippen LogP contribution in [0.1, 0.15) is 18.4 Å². The monoisotopic (exact) mass is 330 g/mol. The van der Waals surface area contributed by atoms with Crippen LogP contribution in [-0.4, -0.2) is 50.8 Å². The first-order valence-electron chi connectivity index (χ1n) is 8.89. The smallest absolute Gasteiger partial charge is 0.223 e. The van der Waals surface area contributed by atoms with Crippen LogP contribution in [0, 0.1) is 17.3 Å². The molecule has 1 aliphatic carbocycles. The second-order valence-corrected chi connectivity index (χ2v) is 7.59. The molecule has 130 valence electrons. The summed E-state index contributed by atoms with van der Waals surface area (Å²) in [5.41, 5.74) is 1.36. The fraction of sp³-hybridized carbons (Fsp3) is 0.632. The van der Waals surface area contributed by atoms with Crippen molar-refractivity contribution in [3.8, 4) is 5.75 Å². The fourth-order valence-corrected chi connectivity index (χ4v) is 4.10. The lowest BCUT2D eigenvalue weighted by molar-refractivity contribution is -0.122. The SMILES string of the molecule is COc1cccc(CN2C[C@H]3COC[C@@]3(CNC(=O)C3CC3)C2)c1. The van der Waals surface area contributed by atoms with Crippen LogP contribution in [0.3, 0.4) is 0 Å². The van der Waals surface area contributed by atoms with E-state index in [4.69, 9.17) is 9.47 Å². The average molecular weight is 330 g/mol. The second kappa shape index (κ2) is 6.37. The third-order valence-electron chi connectivity index (χ3n) is 5.69. The average Bonchev–Trinajstić information content (AvgIpc) is 3.29. The zero-order chi connectivity index (χ0) is 16.6. The van der Waals surface area contributed by atoms with Crippen LogP contribution in [0.4, 0.5) is 0 Å². The van der Waals surface area contributed by atoms with E-state index in [0.29, 0.717) is 5.92 Å². The Morgan fingerprint density at radius 1 is 1.46 bits per heavy atom. The number of carbonyl (C=O) groups is 1. The summed E-state index contributed by atoms with van der Waals surface area (Å²) < 4.78 is 11.1. The van der Waals surface area contributed by atoms with Gasteiger partial charge in [0.2, 0.25) is 5.91 Å². The van der Waals surface area contributed by atoms with Crippen molar-refractivity contribution in [2.24, 2.45) is 17.3 Å². The number of benzene rings is 1. The van der Waals surface area contributed by atoms with Gasteiger partial charge in [-0.05, 0) is 30.5 Å². The minimum Gasteiger partial charge on any atom is -0.497 e. The summed E-state index contributed by atoms with van der Waals surface area (Å²) in [5.74, 6) is 1.93. The molecule has 0 spiro atoms. The van der Waals surface area contributed by atoms with Gasteiger partial charge in [-0.15, -0.1) is 0 Å². The highest BCUT2D eigenvalue weighted by Crippen LogP contribution is 2.41. The number of nitrogens with zero attached hydrogens (tertiary/aromatic N) is 1. The summed E-state index contributed by atoms with van der Waals surface area (Å²) in [6.07, 6.45) is 2.11. The summed E-state index contributed by atoms with van der Waals surface area (Å²) in [5, 5.41) is 3.19. The highest BCUT2D eigenvalue weighted by Gasteiger charge is 2.50. The Balaban J connectivity index is 1.39. The van der Waals surface area contributed by atoms with Gasteiger partial charge in [0.25, 0.3) is 0 Å². The Hall–Kier alpha value is -1.59. The number of rotatable bonds is 6. The van der Waals surface area contributed by atoms with E-state index in [0.717, 1.165) is 58.0 Å². The van der Waals surface area contributed by atoms with E-state index in [9.17, 15) is 4.79 Å². The molecule has 4 rings (SSSR count). The number of hydrogen-bond acceptors (Lipinski definition) is 4. The van der Waals surface area contributed by atoms with Gasteiger partial charge < -0.3 is 14.8 Å². The number of methoxy groups -OCH3 is 1. The molecule has 1 saturated carbocycles. The van der Waals surface area contributed by atoms with Crippen LogP contribution in [0.2, 0.25) is 0 Å². The minimum atomic E-state index is 0.0867. The first-order valence-corrected chi connectivity index (χ1v) is 8.89. The number of amides is 1. The van der Waals surface area contributed by atoms with E-state index in [1.165, 1.54) is 5.56 Å². The van der Waals surface area contributed by atoms with Crippen LogP contribution in [-0.2, 0) is 16.1 Å². The summed E-state index contributed by atoms with van der Waals surface area (Å²) in [7, 11) is 1.70. The number of hydrogen-bond donors (Lipinski definition) is 1. The number of ether oxygens (including phenoxy) is 2. The Kier molecular flexibility index (Phi) is 4.22. The number of likely N-dealkylation sites (tertiary alicyclic amines) is 1. The molecule has 2 heterocycles. The standard InChI is InChI=1S/C19H26N2O3/c1-23-17-4-2-3-14(7-17)8-21-9-16-10-24-13-19(16,12-21)11-20-18(22)15-5-6-15/h2-4,7,15-16H,5-6,8-13H2,1H3,(H,20,22)/t16-,19+/m0/s1. The van der Waals surface area contributed by atoms with Crippen molar-refractivity contribution in [1.82, 2.24) is 10.2 Å². The molecule has 2 aliphatic heterocycles. The topological polar surface area (TPSA) is 50.8 Å². The predicted octanol–water partition coefficient (Wildman–Crippen LogP) is 1.67. The quantitative estimate of drug-likeness (QED) is 0.862. The van der Waals surface area contributed by atoms with Gasteiger partial charge in [-0.2, -0.15) is 0 Å². The first kappa shape index (κ1) is 15.9. The molecule has 24 heavy (non-hydrogen) atoms. The maximum absolute atomic E-state index is 12.0. The van der Waals surface area contributed by atoms with E-state index in [1.54, 1.807) is 7.11 Å². The number of carbonyl (C=O) groups excluding carboxylic acids is 1. The van der Waals surface area contributed by atoms with E-state index >= 15 is 0 Å². The van der Waals surface area contributed by atoms with Gasteiger partial charge >= 0.3 is 0 Å². The van der Waals surface area contributed by atoms with Crippen molar-refractivity contribution in [2.45, 2.75) is 19.4 Å². The largest absolute Gasteiger partial charge is 0.497 e. The lowest BCUT2D eigenvalue weighted by Crippen LogP contribution is -2.43. The summed E-state index contributed by atoms with van der Waals surface area (Å²) in [6.45, 7) is 5.27. The van der Waals surface area contributed by atoms with Crippen LogP contribution < -0.4 is 10.1 Å². The Labute approximate surface area is 143 Å². The number of nitrogens with one attached hydrogen (secondary N) is 1. The van der Waals surface area contributed by atoms with Crippen molar-refractivity contribution in [3.05, 3.63) is 29.8 Å². The van der Waals surface area contributed by atoms with Gasteiger partial charge in [-0.1, -0.05) is 12.1 Å². The van der Waals surface area contributed by atoms with Crippen molar-refractivity contribution in [2.75, 3.05) is 40.0 Å². The zero-order valence-electron chi connectivity index (χ0n) is 14.3. The van der Waals surface area contributed by atoms with Gasteiger partial charge in [0.15, 0.2) is 0 Å². The van der Waals surface area contributed by atoms with E-state index < -0.39 is 0 Å². The molecule has 5 nitrogen and oxygen atoms in total. The third kappa shape index (κ3) is 3.15. The molecule has 0 radical (unpaired) electrons. The molecule has 3 fully saturated rings. The van der Waals surface area contributed by atoms with Crippen molar-refractivity contribution in [3.63, 3.8) is 0 Å². The lowest BCUT2D eigenvalue weighted by Gasteiger charge is -2.27. The van der Waals surface area contributed by atoms with Crippen molar-refractivity contribution < 1.29 is 14.3 Å². The maximum atomic E-state index is 12.0.